The topological polar surface area (TPSA) is 185 Å². The number of likely N-dealkylation sites (tertiary alicyclic amines) is 1. The number of nitrogens with two attached hydrogens (primary N) is 2. The van der Waals surface area contributed by atoms with Gasteiger partial charge in [-0.1, -0.05) is 13.8 Å². The monoisotopic (exact) mass is 431 g/mol. The first kappa shape index (κ1) is 24.7. The molecule has 11 nitrogen and oxygen atoms in total. The number of carboxylic acid groups (broad SMARTS) is 1. The van der Waals surface area contributed by atoms with Crippen molar-refractivity contribution in [2.24, 2.45) is 17.4 Å². The van der Waals surface area contributed by atoms with Crippen LogP contribution in [0.3, 0.4) is 0 Å². The molecule has 12 heteroatoms. The highest BCUT2D eigenvalue weighted by Crippen LogP contribution is 2.19. The third-order valence-electron chi connectivity index (χ3n) is 4.62. The number of rotatable bonds is 10. The summed E-state index contributed by atoms with van der Waals surface area (Å²) in [5.41, 5.74) is 10.8. The minimum atomic E-state index is -1.34. The van der Waals surface area contributed by atoms with Gasteiger partial charge in [-0.25, -0.2) is 4.79 Å². The molecule has 0 radical (unpaired) electrons. The van der Waals surface area contributed by atoms with Crippen LogP contribution in [0.1, 0.15) is 33.1 Å². The van der Waals surface area contributed by atoms with E-state index >= 15 is 0 Å². The Bertz CT molecular complexity index is 658. The van der Waals surface area contributed by atoms with Crippen LogP contribution in [-0.4, -0.2) is 76.1 Å². The zero-order valence-corrected chi connectivity index (χ0v) is 17.4. The van der Waals surface area contributed by atoms with E-state index in [1.807, 2.05) is 0 Å². The Morgan fingerprint density at radius 3 is 2.28 bits per heavy atom. The van der Waals surface area contributed by atoms with Crippen molar-refractivity contribution in [1.82, 2.24) is 15.5 Å². The molecule has 0 saturated carbocycles. The molecule has 0 spiro atoms. The second-order valence-electron chi connectivity index (χ2n) is 7.28. The first-order valence-electron chi connectivity index (χ1n) is 9.28. The molecule has 4 atom stereocenters. The summed E-state index contributed by atoms with van der Waals surface area (Å²) in [6.45, 7) is 3.56. The number of hydrogen-bond acceptors (Lipinski definition) is 7. The lowest BCUT2D eigenvalue weighted by atomic mass is 10.0. The minimum Gasteiger partial charge on any atom is -0.480 e. The van der Waals surface area contributed by atoms with Gasteiger partial charge in [0.15, 0.2) is 0 Å². The van der Waals surface area contributed by atoms with Crippen LogP contribution in [-0.2, 0) is 24.0 Å². The maximum absolute atomic E-state index is 12.8. The number of carbonyl (C=O) groups is 5. The molecule has 1 fully saturated rings. The van der Waals surface area contributed by atoms with E-state index in [1.54, 1.807) is 13.8 Å². The Morgan fingerprint density at radius 1 is 1.17 bits per heavy atom. The third kappa shape index (κ3) is 6.89. The van der Waals surface area contributed by atoms with Gasteiger partial charge >= 0.3 is 5.97 Å². The smallest absolute Gasteiger partial charge is 0.326 e. The van der Waals surface area contributed by atoms with E-state index in [4.69, 9.17) is 11.5 Å². The number of amides is 4. The Morgan fingerprint density at radius 2 is 1.79 bits per heavy atom. The van der Waals surface area contributed by atoms with Crippen LogP contribution >= 0.6 is 12.6 Å². The van der Waals surface area contributed by atoms with E-state index in [2.05, 4.69) is 23.3 Å². The number of nitrogens with zero attached hydrogens (tertiary/aromatic N) is 1. The normalized spacial score (nSPS) is 19.3. The summed E-state index contributed by atoms with van der Waals surface area (Å²) in [6.07, 6.45) is 0.277. The molecule has 164 valence electrons. The molecule has 0 bridgehead atoms. The average Bonchev–Trinajstić information content (AvgIpc) is 3.13. The Hall–Kier alpha value is -2.34. The van der Waals surface area contributed by atoms with Crippen LogP contribution in [0, 0.1) is 5.92 Å². The quantitative estimate of drug-likeness (QED) is 0.212. The number of nitrogens with one attached hydrogen (secondary N) is 2. The number of primary amides is 1. The van der Waals surface area contributed by atoms with Gasteiger partial charge in [0.2, 0.25) is 23.6 Å². The molecule has 1 aliphatic heterocycles. The molecular formula is C17H29N5O6S. The summed E-state index contributed by atoms with van der Waals surface area (Å²) in [7, 11) is 0. The number of thiol groups is 1. The summed E-state index contributed by atoms with van der Waals surface area (Å²) >= 11 is 3.94. The van der Waals surface area contributed by atoms with Crippen molar-refractivity contribution >= 4 is 42.2 Å². The van der Waals surface area contributed by atoms with Crippen LogP contribution in [0.2, 0.25) is 0 Å². The molecule has 1 saturated heterocycles. The van der Waals surface area contributed by atoms with Crippen LogP contribution in [0.5, 0.6) is 0 Å². The van der Waals surface area contributed by atoms with Crippen molar-refractivity contribution in [2.75, 3.05) is 12.3 Å². The van der Waals surface area contributed by atoms with Crippen molar-refractivity contribution < 1.29 is 29.1 Å². The number of carbonyl (C=O) groups excluding carboxylic acids is 4. The van der Waals surface area contributed by atoms with Gasteiger partial charge in [0.05, 0.1) is 12.5 Å². The van der Waals surface area contributed by atoms with Crippen molar-refractivity contribution in [3.8, 4) is 0 Å². The maximum Gasteiger partial charge on any atom is 0.326 e. The van der Waals surface area contributed by atoms with Gasteiger partial charge in [0.25, 0.3) is 0 Å². The molecular weight excluding hydrogens is 402 g/mol. The Balaban J connectivity index is 2.98. The standard InChI is InChI=1S/C17H29N5O6S/c1-8(2)13(21-14(24)9(18)7-29)15(25)20-10(6-12(19)23)16(26)22-5-3-4-11(22)17(27)28/h8-11,13,29H,3-7,18H2,1-2H3,(H2,19,23)(H,20,25)(H,21,24)(H,27,28). The summed E-state index contributed by atoms with van der Waals surface area (Å²) in [5.74, 6) is -4.27. The lowest BCUT2D eigenvalue weighted by molar-refractivity contribution is -0.149. The van der Waals surface area contributed by atoms with Gasteiger partial charge in [0.1, 0.15) is 18.1 Å². The highest BCUT2D eigenvalue weighted by molar-refractivity contribution is 7.80. The lowest BCUT2D eigenvalue weighted by Crippen LogP contribution is -2.59. The Labute approximate surface area is 174 Å². The van der Waals surface area contributed by atoms with Crippen molar-refractivity contribution in [3.63, 3.8) is 0 Å². The van der Waals surface area contributed by atoms with Gasteiger partial charge in [-0.05, 0) is 18.8 Å². The van der Waals surface area contributed by atoms with Gasteiger partial charge in [-0.3, -0.25) is 19.2 Å². The number of carboxylic acids is 1. The van der Waals surface area contributed by atoms with Crippen LogP contribution in [0.25, 0.3) is 0 Å². The van der Waals surface area contributed by atoms with E-state index in [1.165, 1.54) is 0 Å². The molecule has 4 unspecified atom stereocenters. The molecule has 1 aliphatic rings. The largest absolute Gasteiger partial charge is 0.480 e. The predicted octanol–water partition coefficient (Wildman–Crippen LogP) is -2.18. The van der Waals surface area contributed by atoms with Crippen LogP contribution < -0.4 is 22.1 Å². The van der Waals surface area contributed by atoms with Gasteiger partial charge in [-0.2, -0.15) is 12.6 Å². The molecule has 1 rings (SSSR count). The first-order valence-corrected chi connectivity index (χ1v) is 9.91. The van der Waals surface area contributed by atoms with Crippen molar-refractivity contribution in [2.45, 2.75) is 57.3 Å². The fourth-order valence-corrected chi connectivity index (χ4v) is 3.19. The summed E-state index contributed by atoms with van der Waals surface area (Å²) in [4.78, 5) is 61.5. The summed E-state index contributed by atoms with van der Waals surface area (Å²) in [6, 6.07) is -4.30. The molecule has 0 aliphatic carbocycles. The van der Waals surface area contributed by atoms with E-state index < -0.39 is 60.2 Å². The van der Waals surface area contributed by atoms with Gasteiger partial charge in [-0.15, -0.1) is 0 Å². The fourth-order valence-electron chi connectivity index (χ4n) is 3.03. The van der Waals surface area contributed by atoms with Crippen molar-refractivity contribution in [3.05, 3.63) is 0 Å². The fraction of sp³-hybridized carbons (Fsp3) is 0.706. The first-order chi connectivity index (χ1) is 13.5. The maximum atomic E-state index is 12.8. The van der Waals surface area contributed by atoms with E-state index in [0.717, 1.165) is 4.90 Å². The third-order valence-corrected chi connectivity index (χ3v) is 5.01. The second kappa shape index (κ2) is 11.0. The molecule has 4 amide bonds. The molecule has 1 heterocycles. The zero-order valence-electron chi connectivity index (χ0n) is 16.5. The van der Waals surface area contributed by atoms with E-state index in [-0.39, 0.29) is 24.6 Å². The lowest BCUT2D eigenvalue weighted by Gasteiger charge is -2.29. The second-order valence-corrected chi connectivity index (χ2v) is 7.64. The van der Waals surface area contributed by atoms with Crippen LogP contribution in [0.4, 0.5) is 0 Å². The molecule has 0 aromatic rings. The van der Waals surface area contributed by atoms with Gasteiger partial charge in [0, 0.05) is 12.3 Å². The highest BCUT2D eigenvalue weighted by Gasteiger charge is 2.39. The molecule has 0 aromatic carbocycles. The zero-order chi connectivity index (χ0) is 22.3. The minimum absolute atomic E-state index is 0.0760. The van der Waals surface area contributed by atoms with E-state index in [9.17, 15) is 29.1 Å². The highest BCUT2D eigenvalue weighted by atomic mass is 32.1. The van der Waals surface area contributed by atoms with Crippen molar-refractivity contribution in [1.29, 1.82) is 0 Å². The SMILES string of the molecule is CC(C)C(NC(=O)C(N)CS)C(=O)NC(CC(N)=O)C(=O)N1CCCC1C(=O)O. The van der Waals surface area contributed by atoms with Gasteiger partial charge < -0.3 is 32.1 Å². The predicted molar refractivity (Wildman–Crippen MR) is 107 cm³/mol. The molecule has 0 aromatic heterocycles. The average molecular weight is 432 g/mol. The summed E-state index contributed by atoms with van der Waals surface area (Å²) in [5, 5.41) is 14.2. The summed E-state index contributed by atoms with van der Waals surface area (Å²) < 4.78 is 0. The molecule has 7 N–H and O–H groups in total. The van der Waals surface area contributed by atoms with Crippen LogP contribution in [0.15, 0.2) is 0 Å². The number of aliphatic carboxylic acids is 1. The molecule has 29 heavy (non-hydrogen) atoms. The Kier molecular flexibility index (Phi) is 9.37. The number of hydrogen-bond donors (Lipinski definition) is 6. The van der Waals surface area contributed by atoms with E-state index in [0.29, 0.717) is 6.42 Å².